The van der Waals surface area contributed by atoms with E-state index in [-0.39, 0.29) is 26.3 Å². The number of nitrogens with zero attached hydrogens (tertiary/aromatic N) is 3. The van der Waals surface area contributed by atoms with Crippen LogP contribution in [-0.4, -0.2) is 53.1 Å². The van der Waals surface area contributed by atoms with Crippen molar-refractivity contribution in [3.8, 4) is 0 Å². The molecule has 2 heterocycles. The summed E-state index contributed by atoms with van der Waals surface area (Å²) in [6.07, 6.45) is -1.31. The van der Waals surface area contributed by atoms with Gasteiger partial charge in [-0.2, -0.15) is 0 Å². The molecule has 0 bridgehead atoms. The lowest BCUT2D eigenvalue weighted by atomic mass is 10.7. The first kappa shape index (κ1) is 13.1. The first-order valence-electron chi connectivity index (χ1n) is 4.58. The van der Waals surface area contributed by atoms with E-state index in [0.717, 1.165) is 14.6 Å². The number of hydrogen-bond donors (Lipinski definition) is 0. The van der Waals surface area contributed by atoms with Crippen molar-refractivity contribution in [3.05, 3.63) is 0 Å². The fourth-order valence-corrected chi connectivity index (χ4v) is 3.75. The number of rotatable bonds is 2. The molecular formula is C6H8Cl3N3O4P+. The van der Waals surface area contributed by atoms with E-state index in [9.17, 15) is 9.59 Å². The quantitative estimate of drug-likeness (QED) is 0.732. The van der Waals surface area contributed by atoms with E-state index in [2.05, 4.69) is 0 Å². The van der Waals surface area contributed by atoms with Crippen molar-refractivity contribution in [2.24, 2.45) is 0 Å². The van der Waals surface area contributed by atoms with E-state index >= 15 is 0 Å². The molecule has 0 radical (unpaired) electrons. The lowest BCUT2D eigenvalue weighted by Crippen LogP contribution is -2.46. The van der Waals surface area contributed by atoms with Crippen molar-refractivity contribution in [1.82, 2.24) is 10.0 Å². The van der Waals surface area contributed by atoms with Crippen LogP contribution in [0.2, 0.25) is 0 Å². The molecule has 2 rings (SSSR count). The minimum Gasteiger partial charge on any atom is -0.444 e. The topological polar surface area (TPSA) is 62.1 Å². The third kappa shape index (κ3) is 2.57. The van der Waals surface area contributed by atoms with Crippen LogP contribution in [0.25, 0.3) is 0 Å². The third-order valence-corrected chi connectivity index (χ3v) is 4.17. The highest BCUT2D eigenvalue weighted by molar-refractivity contribution is 8.24. The Morgan fingerprint density at radius 2 is 1.41 bits per heavy atom. The molecule has 0 N–H and O–H groups in total. The second-order valence-electron chi connectivity index (χ2n) is 3.16. The van der Waals surface area contributed by atoms with Crippen molar-refractivity contribution < 1.29 is 23.6 Å². The average molecular weight is 323 g/mol. The molecule has 2 aliphatic rings. The number of hydrogen-bond acceptors (Lipinski definition) is 4. The first-order valence-corrected chi connectivity index (χ1v) is 9.04. The zero-order valence-electron chi connectivity index (χ0n) is 8.38. The van der Waals surface area contributed by atoms with Crippen LogP contribution < -0.4 is 0 Å². The predicted molar refractivity (Wildman–Crippen MR) is 60.8 cm³/mol. The minimum absolute atomic E-state index is 0.183. The Bertz CT molecular complexity index is 388. The van der Waals surface area contributed by atoms with Crippen molar-refractivity contribution >= 4 is 51.0 Å². The summed E-state index contributed by atoms with van der Waals surface area (Å²) in [6.45, 7) is 0.804. The molecule has 0 aromatic heterocycles. The standard InChI is InChI=1S/C6H8Cl3N3O4P/c7-17(8,9)12(10-1-3-15-5(10)13)11-2-4-16-6(11)14/h1-4H2/q+1. The fraction of sp³-hybridized carbons (Fsp3) is 0.667. The van der Waals surface area contributed by atoms with Crippen molar-refractivity contribution in [2.45, 2.75) is 0 Å². The first-order chi connectivity index (χ1) is 7.91. The summed E-state index contributed by atoms with van der Waals surface area (Å²) in [4.78, 5) is 22.9. The molecule has 96 valence electrons. The molecule has 0 aliphatic carbocycles. The van der Waals surface area contributed by atoms with E-state index in [1.165, 1.54) is 0 Å². The monoisotopic (exact) mass is 322 g/mol. The van der Waals surface area contributed by atoms with E-state index < -0.39 is 17.3 Å². The maximum atomic E-state index is 11.5. The fourth-order valence-electron chi connectivity index (χ4n) is 1.47. The van der Waals surface area contributed by atoms with Crippen molar-refractivity contribution in [3.63, 3.8) is 0 Å². The summed E-state index contributed by atoms with van der Waals surface area (Å²) in [6, 6.07) is 0. The summed E-state index contributed by atoms with van der Waals surface area (Å²) in [5.74, 6) is 0. The number of hydrazine groups is 2. The molecule has 0 spiro atoms. The van der Waals surface area contributed by atoms with Gasteiger partial charge in [0.05, 0.1) is 0 Å². The number of halogens is 3. The summed E-state index contributed by atoms with van der Waals surface area (Å²) in [7, 11) is 0. The Kier molecular flexibility index (Phi) is 3.63. The van der Waals surface area contributed by atoms with Crippen LogP contribution in [0, 0.1) is 0 Å². The van der Waals surface area contributed by atoms with E-state index in [0.29, 0.717) is 0 Å². The highest BCUT2D eigenvalue weighted by Crippen LogP contribution is 2.65. The molecule has 17 heavy (non-hydrogen) atoms. The van der Waals surface area contributed by atoms with Gasteiger partial charge in [-0.3, -0.25) is 0 Å². The van der Waals surface area contributed by atoms with Crippen LogP contribution >= 0.6 is 38.8 Å². The van der Waals surface area contributed by atoms with Crippen LogP contribution in [0.3, 0.4) is 0 Å². The van der Waals surface area contributed by atoms with E-state index in [1.807, 2.05) is 0 Å². The normalized spacial score (nSPS) is 20.6. The molecule has 2 aliphatic heterocycles. The lowest BCUT2D eigenvalue weighted by molar-refractivity contribution is -0.762. The van der Waals surface area contributed by atoms with Gasteiger partial charge in [0, 0.05) is 38.3 Å². The maximum absolute atomic E-state index is 11.5. The van der Waals surface area contributed by atoms with Gasteiger partial charge in [-0.15, -0.1) is 0 Å². The molecule has 0 aromatic carbocycles. The van der Waals surface area contributed by atoms with Gasteiger partial charge < -0.3 is 9.47 Å². The van der Waals surface area contributed by atoms with Gasteiger partial charge in [-0.25, -0.2) is 9.59 Å². The van der Waals surface area contributed by atoms with Gasteiger partial charge in [0.1, 0.15) is 26.3 Å². The summed E-state index contributed by atoms with van der Waals surface area (Å²) >= 11 is 17.6. The second kappa shape index (κ2) is 4.72. The Morgan fingerprint density at radius 1 is 1.00 bits per heavy atom. The summed E-state index contributed by atoms with van der Waals surface area (Å²) in [5, 5.41) is -1.02. The van der Waals surface area contributed by atoms with E-state index in [1.54, 1.807) is 0 Å². The Morgan fingerprint density at radius 3 is 1.65 bits per heavy atom. The van der Waals surface area contributed by atoms with Gasteiger partial charge in [0.15, 0.2) is 0 Å². The van der Waals surface area contributed by atoms with Crippen LogP contribution in [0.5, 0.6) is 0 Å². The Labute approximate surface area is 111 Å². The van der Waals surface area contributed by atoms with Gasteiger partial charge >= 0.3 is 17.3 Å². The largest absolute Gasteiger partial charge is 0.465 e. The number of carbonyl (C=O) groups is 2. The van der Waals surface area contributed by atoms with Crippen molar-refractivity contribution in [1.29, 1.82) is 0 Å². The highest BCUT2D eigenvalue weighted by Gasteiger charge is 2.47. The SMILES string of the molecule is O=C1OCCN1[N+](N1CCOC1=O)=P(Cl)(Cl)Cl. The highest BCUT2D eigenvalue weighted by atomic mass is 36.0. The molecule has 2 saturated heterocycles. The molecular weight excluding hydrogens is 315 g/mol. The van der Waals surface area contributed by atoms with Crippen LogP contribution in [0.1, 0.15) is 0 Å². The van der Waals surface area contributed by atoms with Crippen LogP contribution in [-0.2, 0) is 9.47 Å². The molecule has 2 amide bonds. The predicted octanol–water partition coefficient (Wildman–Crippen LogP) is 2.40. The Balaban J connectivity index is 2.40. The third-order valence-electron chi connectivity index (χ3n) is 2.11. The van der Waals surface area contributed by atoms with Gasteiger partial charge in [0.25, 0.3) is 0 Å². The zero-order valence-corrected chi connectivity index (χ0v) is 11.5. The van der Waals surface area contributed by atoms with Crippen LogP contribution in [0.15, 0.2) is 0 Å². The molecule has 0 saturated carbocycles. The molecule has 0 aromatic rings. The zero-order chi connectivity index (χ0) is 12.6. The number of amides is 2. The second-order valence-corrected chi connectivity index (χ2v) is 10.3. The maximum Gasteiger partial charge on any atom is 0.465 e. The summed E-state index contributed by atoms with van der Waals surface area (Å²) in [5.41, 5.74) is 0. The van der Waals surface area contributed by atoms with Gasteiger partial charge in [0.2, 0.25) is 0 Å². The van der Waals surface area contributed by atoms with Gasteiger partial charge in [-0.05, 0) is 10.0 Å². The molecule has 0 unspecified atom stereocenters. The lowest BCUT2D eigenvalue weighted by Gasteiger charge is -2.17. The number of carbonyl (C=O) groups excluding carboxylic acids is 2. The van der Waals surface area contributed by atoms with Crippen LogP contribution in [0.4, 0.5) is 9.59 Å². The van der Waals surface area contributed by atoms with Gasteiger partial charge in [-0.1, -0.05) is 0 Å². The average Bonchev–Trinajstić information content (AvgIpc) is 2.77. The number of ether oxygens (including phenoxy) is 2. The van der Waals surface area contributed by atoms with E-state index in [4.69, 9.17) is 43.2 Å². The Hall–Kier alpha value is -0.360. The molecule has 7 nitrogen and oxygen atoms in total. The summed E-state index contributed by atoms with van der Waals surface area (Å²) < 4.78 is 10.5. The molecule has 2 fully saturated rings. The minimum atomic E-state index is -3.20. The smallest absolute Gasteiger partial charge is 0.444 e. The molecule has 11 heteroatoms. The van der Waals surface area contributed by atoms with Crippen molar-refractivity contribution in [2.75, 3.05) is 26.3 Å². The molecule has 0 atom stereocenters. The number of cyclic esters (lactones) is 2.